The molecule has 236 valence electrons. The third-order valence-electron chi connectivity index (χ3n) is 7.23. The lowest BCUT2D eigenvalue weighted by atomic mass is 10.0. The lowest BCUT2D eigenvalue weighted by molar-refractivity contribution is -0.140. The van der Waals surface area contributed by atoms with Gasteiger partial charge >= 0.3 is 0 Å². The summed E-state index contributed by atoms with van der Waals surface area (Å²) in [6.45, 7) is 5.88. The second-order valence-corrected chi connectivity index (χ2v) is 14.0. The van der Waals surface area contributed by atoms with E-state index in [1.165, 1.54) is 35.2 Å². The van der Waals surface area contributed by atoms with Crippen LogP contribution in [0.3, 0.4) is 0 Å². The molecule has 4 aromatic rings. The first kappa shape index (κ1) is 34.0. The molecule has 0 unspecified atom stereocenters. The van der Waals surface area contributed by atoms with Crippen LogP contribution < -0.4 is 9.62 Å². The molecule has 0 spiro atoms. The number of carbonyl (C=O) groups excluding carboxylic acids is 2. The van der Waals surface area contributed by atoms with Crippen LogP contribution in [0.1, 0.15) is 30.5 Å². The predicted octanol–water partition coefficient (Wildman–Crippen LogP) is 6.91. The lowest BCUT2D eigenvalue weighted by Gasteiger charge is -2.34. The van der Waals surface area contributed by atoms with Crippen molar-refractivity contribution < 1.29 is 18.0 Å². The van der Waals surface area contributed by atoms with Crippen molar-refractivity contribution in [3.63, 3.8) is 0 Å². The Morgan fingerprint density at radius 1 is 0.800 bits per heavy atom. The molecule has 1 atom stereocenters. The fourth-order valence-electron chi connectivity index (χ4n) is 4.76. The Bertz CT molecular complexity index is 1700. The third kappa shape index (κ3) is 9.10. The molecular formula is C35H37Cl2N3O4S. The van der Waals surface area contributed by atoms with Gasteiger partial charge in [-0.2, -0.15) is 0 Å². The summed E-state index contributed by atoms with van der Waals surface area (Å²) < 4.78 is 29.1. The van der Waals surface area contributed by atoms with Crippen LogP contribution in [-0.2, 0) is 32.6 Å². The Kier molecular flexibility index (Phi) is 11.7. The molecule has 10 heteroatoms. The Balaban J connectivity index is 1.80. The van der Waals surface area contributed by atoms with Crippen molar-refractivity contribution in [3.8, 4) is 0 Å². The molecule has 45 heavy (non-hydrogen) atoms. The van der Waals surface area contributed by atoms with Crippen LogP contribution in [0.25, 0.3) is 0 Å². The van der Waals surface area contributed by atoms with Crippen LogP contribution in [-0.4, -0.2) is 44.3 Å². The van der Waals surface area contributed by atoms with Crippen molar-refractivity contribution in [1.82, 2.24) is 10.2 Å². The maximum absolute atomic E-state index is 14.5. The van der Waals surface area contributed by atoms with Crippen LogP contribution in [0.5, 0.6) is 0 Å². The molecule has 2 amide bonds. The van der Waals surface area contributed by atoms with Gasteiger partial charge in [0.25, 0.3) is 10.0 Å². The molecule has 0 saturated heterocycles. The molecule has 0 aliphatic carbocycles. The van der Waals surface area contributed by atoms with Crippen molar-refractivity contribution in [2.75, 3.05) is 17.4 Å². The van der Waals surface area contributed by atoms with Gasteiger partial charge in [-0.25, -0.2) is 8.42 Å². The number of anilines is 1. The zero-order valence-corrected chi connectivity index (χ0v) is 27.8. The van der Waals surface area contributed by atoms with Crippen LogP contribution in [0.15, 0.2) is 108 Å². The number of nitrogens with one attached hydrogen (secondary N) is 1. The van der Waals surface area contributed by atoms with Crippen molar-refractivity contribution >= 4 is 50.7 Å². The van der Waals surface area contributed by atoms with Crippen LogP contribution in [0.4, 0.5) is 5.69 Å². The number of halogens is 2. The molecular weight excluding hydrogens is 629 g/mol. The van der Waals surface area contributed by atoms with E-state index in [0.29, 0.717) is 6.54 Å². The largest absolute Gasteiger partial charge is 0.354 e. The average molecular weight is 667 g/mol. The average Bonchev–Trinajstić information content (AvgIpc) is 3.03. The summed E-state index contributed by atoms with van der Waals surface area (Å²) in [5, 5.41) is 3.38. The molecule has 0 saturated carbocycles. The minimum Gasteiger partial charge on any atom is -0.354 e. The van der Waals surface area contributed by atoms with E-state index >= 15 is 0 Å². The Morgan fingerprint density at radius 2 is 1.42 bits per heavy atom. The number of hydrogen-bond donors (Lipinski definition) is 1. The SMILES string of the molecule is Cc1ccc(CN(C(=O)CN(c2ccc(Cl)c(Cl)c2)S(=O)(=O)c2ccccc2)[C@H](Cc2ccccc2)C(=O)NCC(C)C)cc1. The quantitative estimate of drug-likeness (QED) is 0.168. The van der Waals surface area contributed by atoms with E-state index in [2.05, 4.69) is 5.32 Å². The standard InChI is InChI=1S/C35H37Cl2N3O4S/c1-25(2)22-38-35(42)33(20-27-10-6-4-7-11-27)39(23-28-16-14-26(3)15-17-28)34(41)24-40(29-18-19-31(36)32(37)21-29)45(43,44)30-12-8-5-9-13-30/h4-19,21,25,33H,20,22-24H2,1-3H3,(H,38,42)/t33-/m1/s1. The number of amides is 2. The van der Waals surface area contributed by atoms with E-state index < -0.39 is 28.5 Å². The van der Waals surface area contributed by atoms with Gasteiger partial charge in [-0.3, -0.25) is 13.9 Å². The highest BCUT2D eigenvalue weighted by molar-refractivity contribution is 7.92. The minimum atomic E-state index is -4.23. The van der Waals surface area contributed by atoms with Gasteiger partial charge in [0.15, 0.2) is 0 Å². The molecule has 0 aliphatic rings. The maximum Gasteiger partial charge on any atom is 0.264 e. The van der Waals surface area contributed by atoms with Gasteiger partial charge in [-0.05, 0) is 54.3 Å². The van der Waals surface area contributed by atoms with E-state index in [9.17, 15) is 18.0 Å². The van der Waals surface area contributed by atoms with Crippen molar-refractivity contribution in [1.29, 1.82) is 0 Å². The van der Waals surface area contributed by atoms with Crippen molar-refractivity contribution in [2.24, 2.45) is 5.92 Å². The van der Waals surface area contributed by atoms with E-state index in [0.717, 1.165) is 21.0 Å². The number of carbonyl (C=O) groups is 2. The smallest absolute Gasteiger partial charge is 0.264 e. The van der Waals surface area contributed by atoms with Gasteiger partial charge in [0.2, 0.25) is 11.8 Å². The molecule has 0 radical (unpaired) electrons. The molecule has 0 heterocycles. The normalized spacial score (nSPS) is 12.0. The van der Waals surface area contributed by atoms with Crippen LogP contribution in [0.2, 0.25) is 10.0 Å². The molecule has 0 aromatic heterocycles. The van der Waals surface area contributed by atoms with Gasteiger partial charge in [0.05, 0.1) is 20.6 Å². The number of sulfonamides is 1. The van der Waals surface area contributed by atoms with Crippen molar-refractivity contribution in [2.45, 2.75) is 44.7 Å². The second-order valence-electron chi connectivity index (χ2n) is 11.3. The Morgan fingerprint density at radius 3 is 2.02 bits per heavy atom. The summed E-state index contributed by atoms with van der Waals surface area (Å²) in [7, 11) is -4.23. The molecule has 7 nitrogen and oxygen atoms in total. The highest BCUT2D eigenvalue weighted by Gasteiger charge is 2.34. The number of benzene rings is 4. The summed E-state index contributed by atoms with van der Waals surface area (Å²) >= 11 is 12.5. The molecule has 0 bridgehead atoms. The Labute approximate surface area is 275 Å². The highest BCUT2D eigenvalue weighted by Crippen LogP contribution is 2.31. The van der Waals surface area contributed by atoms with Crippen LogP contribution >= 0.6 is 23.2 Å². The number of aryl methyl sites for hydroxylation is 1. The zero-order valence-electron chi connectivity index (χ0n) is 25.5. The van der Waals surface area contributed by atoms with Crippen LogP contribution in [0, 0.1) is 12.8 Å². The summed E-state index contributed by atoms with van der Waals surface area (Å²) in [6, 6.07) is 28.5. The van der Waals surface area contributed by atoms with Gasteiger partial charge in [0.1, 0.15) is 12.6 Å². The highest BCUT2D eigenvalue weighted by atomic mass is 35.5. The minimum absolute atomic E-state index is 0.00414. The summed E-state index contributed by atoms with van der Waals surface area (Å²) in [4.78, 5) is 29.8. The molecule has 4 rings (SSSR count). The van der Waals surface area contributed by atoms with E-state index in [-0.39, 0.29) is 45.4 Å². The molecule has 0 fully saturated rings. The first-order valence-electron chi connectivity index (χ1n) is 14.6. The maximum atomic E-state index is 14.5. The van der Waals surface area contributed by atoms with Gasteiger partial charge in [-0.1, -0.05) is 115 Å². The fourth-order valence-corrected chi connectivity index (χ4v) is 6.47. The summed E-state index contributed by atoms with van der Waals surface area (Å²) in [5.41, 5.74) is 2.88. The number of nitrogens with zero attached hydrogens (tertiary/aromatic N) is 2. The number of rotatable bonds is 13. The topological polar surface area (TPSA) is 86.8 Å². The third-order valence-corrected chi connectivity index (χ3v) is 9.76. The van der Waals surface area contributed by atoms with E-state index in [1.54, 1.807) is 18.2 Å². The second kappa shape index (κ2) is 15.4. The lowest BCUT2D eigenvalue weighted by Crippen LogP contribution is -2.53. The number of hydrogen-bond acceptors (Lipinski definition) is 4. The zero-order chi connectivity index (χ0) is 32.6. The van der Waals surface area contributed by atoms with E-state index in [1.807, 2.05) is 75.4 Å². The molecule has 0 aliphatic heterocycles. The fraction of sp³-hybridized carbons (Fsp3) is 0.257. The van der Waals surface area contributed by atoms with Gasteiger partial charge in [-0.15, -0.1) is 0 Å². The van der Waals surface area contributed by atoms with Crippen molar-refractivity contribution in [3.05, 3.63) is 130 Å². The summed E-state index contributed by atoms with van der Waals surface area (Å²) in [5.74, 6) is -0.685. The van der Waals surface area contributed by atoms with Gasteiger partial charge in [0, 0.05) is 19.5 Å². The van der Waals surface area contributed by atoms with Gasteiger partial charge < -0.3 is 10.2 Å². The molecule has 4 aromatic carbocycles. The van der Waals surface area contributed by atoms with E-state index in [4.69, 9.17) is 23.2 Å². The monoisotopic (exact) mass is 665 g/mol. The predicted molar refractivity (Wildman–Crippen MR) is 181 cm³/mol. The Hall–Kier alpha value is -3.85. The summed E-state index contributed by atoms with van der Waals surface area (Å²) in [6.07, 6.45) is 0.237. The molecule has 1 N–H and O–H groups in total. The first-order valence-corrected chi connectivity index (χ1v) is 16.8. The first-order chi connectivity index (χ1) is 21.5.